The van der Waals surface area contributed by atoms with Crippen LogP contribution in [0.5, 0.6) is 11.5 Å². The Balaban J connectivity index is 1.36. The molecule has 10 heteroatoms. The number of nitrogens with zero attached hydrogens (tertiary/aromatic N) is 3. The number of rotatable bonds is 8. The Labute approximate surface area is 209 Å². The second kappa shape index (κ2) is 9.65. The summed E-state index contributed by atoms with van der Waals surface area (Å²) in [6.45, 7) is 3.96. The van der Waals surface area contributed by atoms with Crippen LogP contribution in [-0.2, 0) is 11.3 Å². The first kappa shape index (κ1) is 22.7. The number of benzene rings is 2. The maximum Gasteiger partial charge on any atom is 0.285 e. The fourth-order valence-electron chi connectivity index (χ4n) is 3.67. The minimum Gasteiger partial charge on any atom is -0.503 e. The number of hydrogen-bond acceptors (Lipinski definition) is 7. The third-order valence-corrected chi connectivity index (χ3v) is 6.50. The van der Waals surface area contributed by atoms with Crippen LogP contribution in [0.25, 0.3) is 21.1 Å². The molecule has 0 fully saturated rings. The molecule has 0 aliphatic rings. The average molecular weight is 506 g/mol. The lowest BCUT2D eigenvalue weighted by molar-refractivity contribution is -0.119. The molecule has 1 amide bonds. The number of nitrogens with one attached hydrogen (secondary N) is 2. The Bertz CT molecular complexity index is 1560. The highest BCUT2D eigenvalue weighted by molar-refractivity contribution is 7.17. The number of aliphatic hydroxyl groups is 1. The van der Waals surface area contributed by atoms with Crippen LogP contribution in [0.2, 0.25) is 5.02 Å². The van der Waals surface area contributed by atoms with Crippen molar-refractivity contribution in [2.75, 3.05) is 11.9 Å². The number of aromatic nitrogens is 3. The molecule has 176 valence electrons. The molecule has 0 saturated carbocycles. The van der Waals surface area contributed by atoms with E-state index in [9.17, 15) is 4.79 Å². The van der Waals surface area contributed by atoms with Crippen molar-refractivity contribution in [3.05, 3.63) is 83.8 Å². The van der Waals surface area contributed by atoms with Gasteiger partial charge >= 0.3 is 0 Å². The van der Waals surface area contributed by atoms with Crippen molar-refractivity contribution < 1.29 is 14.6 Å². The van der Waals surface area contributed by atoms with Gasteiger partial charge in [-0.1, -0.05) is 24.2 Å². The molecule has 0 atom stereocenters. The quantitative estimate of drug-likeness (QED) is 0.176. The van der Waals surface area contributed by atoms with E-state index in [1.165, 1.54) is 6.33 Å². The Morgan fingerprint density at radius 1 is 1.17 bits per heavy atom. The van der Waals surface area contributed by atoms with Gasteiger partial charge in [0.1, 0.15) is 23.3 Å². The molecule has 5 rings (SSSR count). The fraction of sp³-hybridized carbons (Fsp3) is 0.0800. The van der Waals surface area contributed by atoms with Crippen molar-refractivity contribution in [3.8, 4) is 11.5 Å². The number of fused-ring (bicyclic) bond motifs is 2. The number of thiophene rings is 1. The van der Waals surface area contributed by atoms with Gasteiger partial charge in [0.2, 0.25) is 0 Å². The molecular weight excluding hydrogens is 486 g/mol. The van der Waals surface area contributed by atoms with Crippen LogP contribution in [0, 0.1) is 0 Å². The Hall–Kier alpha value is -4.08. The first-order valence-electron chi connectivity index (χ1n) is 10.7. The summed E-state index contributed by atoms with van der Waals surface area (Å²) in [6, 6.07) is 15.3. The second-order valence-corrected chi connectivity index (χ2v) is 8.98. The number of amides is 1. The third-order valence-electron chi connectivity index (χ3n) is 5.32. The van der Waals surface area contributed by atoms with Gasteiger partial charge in [-0.2, -0.15) is 0 Å². The second-order valence-electron chi connectivity index (χ2n) is 7.63. The molecular formula is C25H20ClN5O3S. The third kappa shape index (κ3) is 4.77. The van der Waals surface area contributed by atoms with Gasteiger partial charge < -0.3 is 25.0 Å². The topological polar surface area (TPSA) is 101 Å². The molecule has 0 radical (unpaired) electrons. The maximum absolute atomic E-state index is 11.5. The Morgan fingerprint density at radius 3 is 2.89 bits per heavy atom. The summed E-state index contributed by atoms with van der Waals surface area (Å²) in [5.41, 5.74) is 2.24. The van der Waals surface area contributed by atoms with Gasteiger partial charge in [-0.15, -0.1) is 11.3 Å². The summed E-state index contributed by atoms with van der Waals surface area (Å²) in [7, 11) is 0. The van der Waals surface area contributed by atoms with Crippen LogP contribution in [0.15, 0.2) is 78.8 Å². The smallest absolute Gasteiger partial charge is 0.285 e. The standard InChI is InChI=1S/C25H20ClN5O3S/c1-15(32)25(33)27-9-11-31-10-7-19-23(31)24(29-14-28-19)30-16-5-6-21(18(26)13-16)34-20-3-2-4-22-17(20)8-12-35-22/h2-8,10,12-14,32H,1,9,11H2,(H,27,33)(H,28,29,30). The largest absolute Gasteiger partial charge is 0.503 e. The fourth-order valence-corrected chi connectivity index (χ4v) is 4.70. The number of aliphatic hydroxyl groups excluding tert-OH is 1. The van der Waals surface area contributed by atoms with Crippen molar-refractivity contribution in [2.24, 2.45) is 0 Å². The van der Waals surface area contributed by atoms with Crippen LogP contribution in [0.3, 0.4) is 0 Å². The molecule has 0 aliphatic carbocycles. The van der Waals surface area contributed by atoms with Crippen LogP contribution in [-0.4, -0.2) is 32.1 Å². The highest BCUT2D eigenvalue weighted by Crippen LogP contribution is 2.37. The van der Waals surface area contributed by atoms with Gasteiger partial charge in [0, 0.05) is 35.1 Å². The normalized spacial score (nSPS) is 11.0. The van der Waals surface area contributed by atoms with E-state index in [0.717, 1.165) is 32.6 Å². The van der Waals surface area contributed by atoms with Crippen molar-refractivity contribution in [1.82, 2.24) is 19.9 Å². The lowest BCUT2D eigenvalue weighted by Gasteiger charge is -2.13. The average Bonchev–Trinajstić information content (AvgIpc) is 3.49. The zero-order valence-corrected chi connectivity index (χ0v) is 19.9. The molecule has 5 aromatic rings. The van der Waals surface area contributed by atoms with E-state index >= 15 is 0 Å². The van der Waals surface area contributed by atoms with Gasteiger partial charge in [0.05, 0.1) is 10.5 Å². The van der Waals surface area contributed by atoms with E-state index in [1.807, 2.05) is 52.5 Å². The van der Waals surface area contributed by atoms with Gasteiger partial charge in [-0.05, 0) is 47.8 Å². The summed E-state index contributed by atoms with van der Waals surface area (Å²) < 4.78 is 9.16. The van der Waals surface area contributed by atoms with Crippen LogP contribution in [0.1, 0.15) is 0 Å². The number of carbonyl (C=O) groups is 1. The summed E-state index contributed by atoms with van der Waals surface area (Å²) in [6.07, 6.45) is 3.34. The molecule has 0 spiro atoms. The summed E-state index contributed by atoms with van der Waals surface area (Å²) >= 11 is 8.21. The van der Waals surface area contributed by atoms with Gasteiger partial charge in [-0.3, -0.25) is 4.79 Å². The molecule has 8 nitrogen and oxygen atoms in total. The van der Waals surface area contributed by atoms with E-state index in [1.54, 1.807) is 17.4 Å². The molecule has 2 aromatic carbocycles. The van der Waals surface area contributed by atoms with Crippen molar-refractivity contribution in [3.63, 3.8) is 0 Å². The SMILES string of the molecule is C=C(O)C(=O)NCCn1ccc2ncnc(Nc3ccc(Oc4cccc5sccc45)c(Cl)c3)c21. The number of anilines is 2. The number of ether oxygens (including phenoxy) is 1. The van der Waals surface area contributed by atoms with E-state index in [0.29, 0.717) is 29.7 Å². The number of halogens is 1. The maximum atomic E-state index is 11.5. The van der Waals surface area contributed by atoms with Crippen LogP contribution < -0.4 is 15.4 Å². The lowest BCUT2D eigenvalue weighted by atomic mass is 10.2. The zero-order valence-electron chi connectivity index (χ0n) is 18.4. The predicted molar refractivity (Wildman–Crippen MR) is 139 cm³/mol. The van der Waals surface area contributed by atoms with E-state index in [4.69, 9.17) is 21.4 Å². The van der Waals surface area contributed by atoms with E-state index in [2.05, 4.69) is 33.2 Å². The molecule has 3 aromatic heterocycles. The molecule has 3 N–H and O–H groups in total. The van der Waals surface area contributed by atoms with Crippen LogP contribution in [0.4, 0.5) is 11.5 Å². The predicted octanol–water partition coefficient (Wildman–Crippen LogP) is 6.02. The van der Waals surface area contributed by atoms with Gasteiger partial charge in [0.15, 0.2) is 11.6 Å². The monoisotopic (exact) mass is 505 g/mol. The van der Waals surface area contributed by atoms with E-state index in [-0.39, 0.29) is 0 Å². The van der Waals surface area contributed by atoms with Crippen molar-refractivity contribution in [2.45, 2.75) is 6.54 Å². The highest BCUT2D eigenvalue weighted by atomic mass is 35.5. The lowest BCUT2D eigenvalue weighted by Crippen LogP contribution is -2.28. The van der Waals surface area contributed by atoms with Crippen LogP contribution >= 0.6 is 22.9 Å². The number of carbonyl (C=O) groups excluding carboxylic acids is 1. The molecule has 35 heavy (non-hydrogen) atoms. The molecule has 0 aliphatic heterocycles. The molecule has 0 saturated heterocycles. The molecule has 0 bridgehead atoms. The summed E-state index contributed by atoms with van der Waals surface area (Å²) in [5.74, 6) is 0.755. The van der Waals surface area contributed by atoms with Gasteiger partial charge in [-0.25, -0.2) is 9.97 Å². The number of hydrogen-bond donors (Lipinski definition) is 3. The minimum atomic E-state index is -0.608. The molecule has 3 heterocycles. The summed E-state index contributed by atoms with van der Waals surface area (Å²) in [4.78, 5) is 20.3. The first-order valence-corrected chi connectivity index (χ1v) is 11.9. The van der Waals surface area contributed by atoms with E-state index < -0.39 is 11.7 Å². The van der Waals surface area contributed by atoms with Crippen molar-refractivity contribution >= 4 is 61.5 Å². The van der Waals surface area contributed by atoms with Gasteiger partial charge in [0.25, 0.3) is 5.91 Å². The summed E-state index contributed by atoms with van der Waals surface area (Å²) in [5, 5.41) is 18.6. The minimum absolute atomic E-state index is 0.297. The first-order chi connectivity index (χ1) is 17.0. The Morgan fingerprint density at radius 2 is 2.06 bits per heavy atom. The van der Waals surface area contributed by atoms with Crippen molar-refractivity contribution in [1.29, 1.82) is 0 Å². The zero-order chi connectivity index (χ0) is 24.4. The Kier molecular flexibility index (Phi) is 6.26. The highest BCUT2D eigenvalue weighted by Gasteiger charge is 2.13. The molecule has 0 unspecified atom stereocenters.